The van der Waals surface area contributed by atoms with Gasteiger partial charge < -0.3 is 4.52 Å². The Morgan fingerprint density at radius 3 is 2.53 bits per heavy atom. The van der Waals surface area contributed by atoms with Crippen LogP contribution < -0.4 is 0 Å². The SMILES string of the molecule is Cc1noc(/C(=C\c2cccc(-c3cc(C(C)C#N)cc4cccnc34)c2)c2ccc(S(C)(=O)=O)cc2)n1. The molecule has 0 aliphatic rings. The first-order valence-electron chi connectivity index (χ1n) is 11.9. The fourth-order valence-corrected chi connectivity index (χ4v) is 4.91. The van der Waals surface area contributed by atoms with E-state index in [1.807, 2.05) is 61.5 Å². The van der Waals surface area contributed by atoms with Crippen molar-refractivity contribution in [2.45, 2.75) is 24.7 Å². The van der Waals surface area contributed by atoms with Crippen LogP contribution in [0, 0.1) is 18.3 Å². The number of fused-ring (bicyclic) bond motifs is 1. The molecule has 188 valence electrons. The summed E-state index contributed by atoms with van der Waals surface area (Å²) in [5, 5.41) is 14.4. The Hall–Kier alpha value is -4.61. The average molecular weight is 521 g/mol. The minimum atomic E-state index is -3.33. The third kappa shape index (κ3) is 5.10. The zero-order valence-electron chi connectivity index (χ0n) is 21.1. The van der Waals surface area contributed by atoms with Gasteiger partial charge in [-0.1, -0.05) is 41.6 Å². The van der Waals surface area contributed by atoms with E-state index in [0.717, 1.165) is 38.7 Å². The molecule has 8 heteroatoms. The predicted molar refractivity (Wildman–Crippen MR) is 147 cm³/mol. The van der Waals surface area contributed by atoms with Gasteiger partial charge in [0.15, 0.2) is 15.7 Å². The summed E-state index contributed by atoms with van der Waals surface area (Å²) in [6.07, 6.45) is 4.87. The molecule has 0 saturated carbocycles. The second-order valence-electron chi connectivity index (χ2n) is 9.12. The van der Waals surface area contributed by atoms with E-state index in [1.54, 1.807) is 37.4 Å². The van der Waals surface area contributed by atoms with Crippen molar-refractivity contribution in [3.8, 4) is 17.2 Å². The quantitative estimate of drug-likeness (QED) is 0.245. The third-order valence-electron chi connectivity index (χ3n) is 6.28. The van der Waals surface area contributed by atoms with Crippen molar-refractivity contribution in [1.82, 2.24) is 15.1 Å². The summed E-state index contributed by atoms with van der Waals surface area (Å²) in [6, 6.07) is 24.8. The highest BCUT2D eigenvalue weighted by atomic mass is 32.2. The Morgan fingerprint density at radius 2 is 1.84 bits per heavy atom. The number of sulfone groups is 1. The summed E-state index contributed by atoms with van der Waals surface area (Å²) in [5.74, 6) is 0.564. The van der Waals surface area contributed by atoms with E-state index < -0.39 is 9.84 Å². The fraction of sp³-hybridized carbons (Fsp3) is 0.133. The van der Waals surface area contributed by atoms with E-state index >= 15 is 0 Å². The highest BCUT2D eigenvalue weighted by molar-refractivity contribution is 7.90. The monoisotopic (exact) mass is 520 g/mol. The summed E-state index contributed by atoms with van der Waals surface area (Å²) in [4.78, 5) is 9.26. The number of nitrogens with zero attached hydrogens (tertiary/aromatic N) is 4. The van der Waals surface area contributed by atoms with Gasteiger partial charge in [-0.15, -0.1) is 0 Å². The molecule has 3 aromatic carbocycles. The van der Waals surface area contributed by atoms with Crippen molar-refractivity contribution in [2.24, 2.45) is 0 Å². The Balaban J connectivity index is 1.65. The number of aryl methyl sites for hydroxylation is 1. The first kappa shape index (κ1) is 25.1. The van der Waals surface area contributed by atoms with Gasteiger partial charge >= 0.3 is 0 Å². The zero-order chi connectivity index (χ0) is 26.9. The lowest BCUT2D eigenvalue weighted by molar-refractivity contribution is 0.403. The third-order valence-corrected chi connectivity index (χ3v) is 7.41. The van der Waals surface area contributed by atoms with Crippen LogP contribution in [0.2, 0.25) is 0 Å². The van der Waals surface area contributed by atoms with Crippen LogP contribution in [0.5, 0.6) is 0 Å². The van der Waals surface area contributed by atoms with E-state index in [-0.39, 0.29) is 10.8 Å². The van der Waals surface area contributed by atoms with E-state index in [0.29, 0.717) is 17.3 Å². The lowest BCUT2D eigenvalue weighted by atomic mass is 9.93. The number of benzene rings is 3. The van der Waals surface area contributed by atoms with Gasteiger partial charge in [0.1, 0.15) is 0 Å². The van der Waals surface area contributed by atoms with Crippen LogP contribution in [0.15, 0.2) is 88.4 Å². The maximum Gasteiger partial charge on any atom is 0.258 e. The Labute approximate surface area is 221 Å². The number of hydrogen-bond acceptors (Lipinski definition) is 7. The van der Waals surface area contributed by atoms with Crippen molar-refractivity contribution in [3.63, 3.8) is 0 Å². The molecule has 38 heavy (non-hydrogen) atoms. The van der Waals surface area contributed by atoms with Gasteiger partial charge in [0.2, 0.25) is 0 Å². The second-order valence-corrected chi connectivity index (χ2v) is 11.1. The molecule has 5 aromatic rings. The summed E-state index contributed by atoms with van der Waals surface area (Å²) in [6.45, 7) is 3.62. The van der Waals surface area contributed by atoms with Gasteiger partial charge in [-0.2, -0.15) is 10.2 Å². The molecule has 0 bridgehead atoms. The summed E-state index contributed by atoms with van der Waals surface area (Å²) in [7, 11) is -3.33. The molecule has 0 N–H and O–H groups in total. The van der Waals surface area contributed by atoms with Crippen LogP contribution in [0.3, 0.4) is 0 Å². The number of aromatic nitrogens is 3. The zero-order valence-corrected chi connectivity index (χ0v) is 21.9. The maximum atomic E-state index is 12.0. The molecule has 0 radical (unpaired) electrons. The summed E-state index contributed by atoms with van der Waals surface area (Å²) < 4.78 is 29.4. The normalized spacial score (nSPS) is 12.8. The molecule has 0 spiro atoms. The molecule has 2 aromatic heterocycles. The average Bonchev–Trinajstić information content (AvgIpc) is 3.36. The largest absolute Gasteiger partial charge is 0.334 e. The predicted octanol–water partition coefficient (Wildman–Crippen LogP) is 6.21. The van der Waals surface area contributed by atoms with Gasteiger partial charge in [0, 0.05) is 29.0 Å². The van der Waals surface area contributed by atoms with Crippen LogP contribution in [0.25, 0.3) is 33.7 Å². The summed E-state index contributed by atoms with van der Waals surface area (Å²) in [5.41, 5.74) is 5.94. The Kier molecular flexibility index (Phi) is 6.62. The van der Waals surface area contributed by atoms with Crippen LogP contribution in [-0.2, 0) is 9.84 Å². The van der Waals surface area contributed by atoms with E-state index in [2.05, 4.69) is 21.2 Å². The molecular weight excluding hydrogens is 496 g/mol. The fourth-order valence-electron chi connectivity index (χ4n) is 4.28. The van der Waals surface area contributed by atoms with Crippen LogP contribution in [0.1, 0.15) is 41.2 Å². The van der Waals surface area contributed by atoms with Gasteiger partial charge in [0.05, 0.1) is 22.4 Å². The lowest BCUT2D eigenvalue weighted by Crippen LogP contribution is -1.97. The van der Waals surface area contributed by atoms with Crippen molar-refractivity contribution in [1.29, 1.82) is 5.26 Å². The molecule has 5 rings (SSSR count). The molecule has 2 heterocycles. The van der Waals surface area contributed by atoms with Crippen molar-refractivity contribution in [3.05, 3.63) is 107 Å². The second kappa shape index (κ2) is 10.0. The molecule has 0 aliphatic carbocycles. The first-order chi connectivity index (χ1) is 18.2. The minimum Gasteiger partial charge on any atom is -0.334 e. The molecule has 1 atom stereocenters. The Morgan fingerprint density at radius 1 is 1.05 bits per heavy atom. The van der Waals surface area contributed by atoms with Gasteiger partial charge in [-0.3, -0.25) is 4.98 Å². The topological polar surface area (TPSA) is 110 Å². The number of hydrogen-bond donors (Lipinski definition) is 0. The molecule has 0 aliphatic heterocycles. The maximum absolute atomic E-state index is 12.0. The molecule has 0 saturated heterocycles. The number of nitriles is 1. The first-order valence-corrected chi connectivity index (χ1v) is 13.8. The standard InChI is InChI=1S/C30H24N4O3S/c1-19(18-31)25-16-24-8-5-13-32-29(24)27(17-25)23-7-4-6-21(14-23)15-28(30-33-20(2)34-37-30)22-9-11-26(12-10-22)38(3,35)36/h4-17,19H,1-3H3/b28-15-. The van der Waals surface area contributed by atoms with Gasteiger partial charge in [-0.05, 0) is 78.6 Å². The van der Waals surface area contributed by atoms with E-state index in [1.165, 1.54) is 6.26 Å². The van der Waals surface area contributed by atoms with Gasteiger partial charge in [-0.25, -0.2) is 8.42 Å². The highest BCUT2D eigenvalue weighted by Gasteiger charge is 2.16. The molecule has 0 fully saturated rings. The smallest absolute Gasteiger partial charge is 0.258 e. The highest BCUT2D eigenvalue weighted by Crippen LogP contribution is 2.33. The van der Waals surface area contributed by atoms with E-state index in [4.69, 9.17) is 4.52 Å². The van der Waals surface area contributed by atoms with Crippen LogP contribution in [0.4, 0.5) is 0 Å². The molecular formula is C30H24N4O3S. The lowest BCUT2D eigenvalue weighted by Gasteiger charge is -2.12. The minimum absolute atomic E-state index is 0.232. The number of pyridine rings is 1. The van der Waals surface area contributed by atoms with Crippen molar-refractivity contribution < 1.29 is 12.9 Å². The molecule has 7 nitrogen and oxygen atoms in total. The van der Waals surface area contributed by atoms with E-state index in [9.17, 15) is 13.7 Å². The summed E-state index contributed by atoms with van der Waals surface area (Å²) >= 11 is 0. The molecule has 1 unspecified atom stereocenters. The van der Waals surface area contributed by atoms with Crippen LogP contribution >= 0.6 is 0 Å². The van der Waals surface area contributed by atoms with Crippen LogP contribution in [-0.4, -0.2) is 29.8 Å². The van der Waals surface area contributed by atoms with Crippen molar-refractivity contribution >= 4 is 32.4 Å². The molecule has 0 amide bonds. The van der Waals surface area contributed by atoms with Gasteiger partial charge in [0.25, 0.3) is 5.89 Å². The number of rotatable bonds is 6. The Bertz CT molecular complexity index is 1830. The van der Waals surface area contributed by atoms with Crippen molar-refractivity contribution in [2.75, 3.05) is 6.26 Å².